The van der Waals surface area contributed by atoms with Crippen LogP contribution in [0.5, 0.6) is 0 Å². The number of likely N-dealkylation sites (tertiary alicyclic amines) is 1. The predicted octanol–water partition coefficient (Wildman–Crippen LogP) is 3.16. The van der Waals surface area contributed by atoms with Gasteiger partial charge in [-0.1, -0.05) is 30.3 Å². The number of carbonyl (C=O) groups excluding carboxylic acids is 2. The summed E-state index contributed by atoms with van der Waals surface area (Å²) in [5, 5.41) is 2.81. The maximum absolute atomic E-state index is 13.1. The third-order valence-electron chi connectivity index (χ3n) is 4.54. The third kappa shape index (κ3) is 4.24. The summed E-state index contributed by atoms with van der Waals surface area (Å²) in [6.07, 6.45) is 0.999. The van der Waals surface area contributed by atoms with Gasteiger partial charge < -0.3 is 10.2 Å². The van der Waals surface area contributed by atoms with Crippen molar-refractivity contribution in [3.8, 4) is 0 Å². The monoisotopic (exact) mass is 340 g/mol. The Morgan fingerprint density at radius 2 is 2.00 bits per heavy atom. The minimum Gasteiger partial charge on any atom is -0.342 e. The summed E-state index contributed by atoms with van der Waals surface area (Å²) >= 11 is 0. The molecule has 25 heavy (non-hydrogen) atoms. The number of hydrogen-bond acceptors (Lipinski definition) is 2. The Labute approximate surface area is 146 Å². The van der Waals surface area contributed by atoms with Gasteiger partial charge in [0.25, 0.3) is 0 Å². The number of carbonyl (C=O) groups is 2. The molecule has 0 bridgehead atoms. The van der Waals surface area contributed by atoms with Crippen molar-refractivity contribution in [3.05, 3.63) is 65.5 Å². The van der Waals surface area contributed by atoms with Gasteiger partial charge in [0.2, 0.25) is 11.8 Å². The molecule has 0 radical (unpaired) electrons. The quantitative estimate of drug-likeness (QED) is 0.909. The Kier molecular flexibility index (Phi) is 5.12. The van der Waals surface area contributed by atoms with E-state index in [0.717, 1.165) is 6.42 Å². The Morgan fingerprint density at radius 1 is 1.24 bits per heavy atom. The molecule has 130 valence electrons. The summed E-state index contributed by atoms with van der Waals surface area (Å²) in [6, 6.07) is 14.2. The lowest BCUT2D eigenvalue weighted by molar-refractivity contribution is -0.128. The summed E-state index contributed by atoms with van der Waals surface area (Å²) in [5.74, 6) is -0.886. The molecule has 1 heterocycles. The Bertz CT molecular complexity index is 777. The van der Waals surface area contributed by atoms with E-state index < -0.39 is 0 Å². The van der Waals surface area contributed by atoms with Gasteiger partial charge in [-0.3, -0.25) is 9.59 Å². The van der Waals surface area contributed by atoms with E-state index in [4.69, 9.17) is 0 Å². The molecule has 2 amide bonds. The van der Waals surface area contributed by atoms with Crippen LogP contribution in [0.15, 0.2) is 48.5 Å². The maximum atomic E-state index is 13.1. The molecule has 0 aromatic heterocycles. The van der Waals surface area contributed by atoms with Gasteiger partial charge in [0.15, 0.2) is 0 Å². The molecule has 1 saturated heterocycles. The SMILES string of the molecule is Cc1cc(F)ccc1NC(=O)C1CC(=O)N(CCc2ccccc2)C1. The molecule has 0 aliphatic carbocycles. The van der Waals surface area contributed by atoms with Gasteiger partial charge in [-0.25, -0.2) is 4.39 Å². The van der Waals surface area contributed by atoms with Crippen molar-refractivity contribution in [2.24, 2.45) is 5.92 Å². The first kappa shape index (κ1) is 17.1. The van der Waals surface area contributed by atoms with Gasteiger partial charge in [-0.05, 0) is 42.7 Å². The van der Waals surface area contributed by atoms with Crippen molar-refractivity contribution < 1.29 is 14.0 Å². The highest BCUT2D eigenvalue weighted by Gasteiger charge is 2.34. The van der Waals surface area contributed by atoms with Crippen LogP contribution < -0.4 is 5.32 Å². The Hall–Kier alpha value is -2.69. The number of hydrogen-bond donors (Lipinski definition) is 1. The highest BCUT2D eigenvalue weighted by molar-refractivity contribution is 5.97. The summed E-state index contributed by atoms with van der Waals surface area (Å²) in [6.45, 7) is 2.78. The highest BCUT2D eigenvalue weighted by Crippen LogP contribution is 2.22. The number of benzene rings is 2. The van der Waals surface area contributed by atoms with Crippen LogP contribution in [0, 0.1) is 18.7 Å². The minimum atomic E-state index is -0.368. The molecule has 1 aliphatic rings. The number of rotatable bonds is 5. The van der Waals surface area contributed by atoms with Crippen molar-refractivity contribution >= 4 is 17.5 Å². The average molecular weight is 340 g/mol. The van der Waals surface area contributed by atoms with Gasteiger partial charge >= 0.3 is 0 Å². The largest absolute Gasteiger partial charge is 0.342 e. The Balaban J connectivity index is 1.57. The highest BCUT2D eigenvalue weighted by atomic mass is 19.1. The van der Waals surface area contributed by atoms with Crippen LogP contribution in [-0.4, -0.2) is 29.8 Å². The van der Waals surface area contributed by atoms with E-state index in [9.17, 15) is 14.0 Å². The summed E-state index contributed by atoms with van der Waals surface area (Å²) in [4.78, 5) is 26.3. The standard InChI is InChI=1S/C20H21FN2O2/c1-14-11-17(21)7-8-18(14)22-20(25)16-12-19(24)23(13-16)10-9-15-5-3-2-4-6-15/h2-8,11,16H,9-10,12-13H2,1H3,(H,22,25). The van der Waals surface area contributed by atoms with Crippen molar-refractivity contribution in [2.45, 2.75) is 19.8 Å². The fourth-order valence-electron chi connectivity index (χ4n) is 3.07. The van der Waals surface area contributed by atoms with E-state index in [1.54, 1.807) is 17.9 Å². The molecule has 1 fully saturated rings. The molecule has 1 aliphatic heterocycles. The lowest BCUT2D eigenvalue weighted by Gasteiger charge is -2.17. The smallest absolute Gasteiger partial charge is 0.229 e. The predicted molar refractivity (Wildman–Crippen MR) is 94.6 cm³/mol. The van der Waals surface area contributed by atoms with Crippen molar-refractivity contribution in [2.75, 3.05) is 18.4 Å². The molecule has 2 aromatic carbocycles. The van der Waals surface area contributed by atoms with Gasteiger partial charge in [0.1, 0.15) is 5.82 Å². The number of halogens is 1. The van der Waals surface area contributed by atoms with E-state index in [1.165, 1.54) is 17.7 Å². The van der Waals surface area contributed by atoms with Crippen LogP contribution in [0.25, 0.3) is 0 Å². The Morgan fingerprint density at radius 3 is 2.72 bits per heavy atom. The van der Waals surface area contributed by atoms with E-state index in [2.05, 4.69) is 5.32 Å². The van der Waals surface area contributed by atoms with Gasteiger partial charge in [0.05, 0.1) is 5.92 Å². The number of nitrogens with zero attached hydrogens (tertiary/aromatic N) is 1. The third-order valence-corrected chi connectivity index (χ3v) is 4.54. The first-order valence-electron chi connectivity index (χ1n) is 8.41. The lowest BCUT2D eigenvalue weighted by atomic mass is 10.1. The van der Waals surface area contributed by atoms with Crippen LogP contribution in [0.3, 0.4) is 0 Å². The molecular formula is C20H21FN2O2. The van der Waals surface area contributed by atoms with Gasteiger partial charge in [0, 0.05) is 25.2 Å². The van der Waals surface area contributed by atoms with E-state index in [0.29, 0.717) is 24.3 Å². The second-order valence-corrected chi connectivity index (χ2v) is 6.42. The van der Waals surface area contributed by atoms with Crippen molar-refractivity contribution in [1.82, 2.24) is 4.90 Å². The van der Waals surface area contributed by atoms with Crippen molar-refractivity contribution in [1.29, 1.82) is 0 Å². The number of amides is 2. The number of aryl methyl sites for hydroxylation is 1. The second-order valence-electron chi connectivity index (χ2n) is 6.42. The fourth-order valence-corrected chi connectivity index (χ4v) is 3.07. The fraction of sp³-hybridized carbons (Fsp3) is 0.300. The molecule has 4 nitrogen and oxygen atoms in total. The lowest BCUT2D eigenvalue weighted by Crippen LogP contribution is -2.30. The molecule has 1 unspecified atom stereocenters. The maximum Gasteiger partial charge on any atom is 0.229 e. The molecule has 1 N–H and O–H groups in total. The summed E-state index contributed by atoms with van der Waals surface area (Å²) < 4.78 is 13.1. The van der Waals surface area contributed by atoms with Gasteiger partial charge in [-0.2, -0.15) is 0 Å². The zero-order chi connectivity index (χ0) is 17.8. The zero-order valence-electron chi connectivity index (χ0n) is 14.2. The van der Waals surface area contributed by atoms with Crippen LogP contribution in [0.4, 0.5) is 10.1 Å². The van der Waals surface area contributed by atoms with E-state index in [-0.39, 0.29) is 30.0 Å². The zero-order valence-corrected chi connectivity index (χ0v) is 14.2. The van der Waals surface area contributed by atoms with Crippen molar-refractivity contribution in [3.63, 3.8) is 0 Å². The number of anilines is 1. The molecule has 0 saturated carbocycles. The second kappa shape index (κ2) is 7.47. The normalized spacial score (nSPS) is 17.0. The molecule has 5 heteroatoms. The summed E-state index contributed by atoms with van der Waals surface area (Å²) in [5.41, 5.74) is 2.42. The molecule has 3 rings (SSSR count). The van der Waals surface area contributed by atoms with Crippen LogP contribution in [0.2, 0.25) is 0 Å². The topological polar surface area (TPSA) is 49.4 Å². The van der Waals surface area contributed by atoms with Crippen LogP contribution in [0.1, 0.15) is 17.5 Å². The van der Waals surface area contributed by atoms with Gasteiger partial charge in [-0.15, -0.1) is 0 Å². The van der Waals surface area contributed by atoms with E-state index in [1.807, 2.05) is 30.3 Å². The first-order chi connectivity index (χ1) is 12.0. The van der Waals surface area contributed by atoms with E-state index >= 15 is 0 Å². The average Bonchev–Trinajstić information content (AvgIpc) is 2.97. The molecule has 0 spiro atoms. The minimum absolute atomic E-state index is 0.00640. The first-order valence-corrected chi connectivity index (χ1v) is 8.41. The molecule has 1 atom stereocenters. The molecule has 2 aromatic rings. The molecular weight excluding hydrogens is 319 g/mol. The van der Waals surface area contributed by atoms with Crippen LogP contribution in [-0.2, 0) is 16.0 Å². The summed E-state index contributed by atoms with van der Waals surface area (Å²) in [7, 11) is 0. The number of nitrogens with one attached hydrogen (secondary N) is 1. The van der Waals surface area contributed by atoms with Crippen LogP contribution >= 0.6 is 0 Å².